The van der Waals surface area contributed by atoms with Crippen molar-refractivity contribution in [3.8, 4) is 5.75 Å². The largest absolute Gasteiger partial charge is 0.497 e. The van der Waals surface area contributed by atoms with Crippen LogP contribution in [0.1, 0.15) is 6.92 Å². The van der Waals surface area contributed by atoms with E-state index in [0.29, 0.717) is 16.5 Å². The minimum atomic E-state index is -3.74. The second-order valence-electron chi connectivity index (χ2n) is 5.55. The summed E-state index contributed by atoms with van der Waals surface area (Å²) in [4.78, 5) is 12.6. The van der Waals surface area contributed by atoms with E-state index in [1.807, 2.05) is 0 Å². The summed E-state index contributed by atoms with van der Waals surface area (Å²) in [6.07, 6.45) is 1.02. The topological polar surface area (TPSA) is 75.7 Å². The van der Waals surface area contributed by atoms with Gasteiger partial charge in [0.25, 0.3) is 0 Å². The molecule has 1 atom stereocenters. The Kier molecular flexibility index (Phi) is 6.39. The van der Waals surface area contributed by atoms with E-state index in [0.717, 1.165) is 10.6 Å². The Hall–Kier alpha value is -1.96. The van der Waals surface area contributed by atoms with Gasteiger partial charge in [-0.05, 0) is 49.4 Å². The quantitative estimate of drug-likeness (QED) is 0.776. The molecule has 0 unspecified atom stereocenters. The molecule has 6 nitrogen and oxygen atoms in total. The molecule has 0 fully saturated rings. The molecule has 0 aliphatic carbocycles. The lowest BCUT2D eigenvalue weighted by atomic mass is 10.2. The summed E-state index contributed by atoms with van der Waals surface area (Å²) in [7, 11) is -2.21. The monoisotopic (exact) mass is 416 g/mol. The lowest BCUT2D eigenvalue weighted by molar-refractivity contribution is -0.116. The zero-order chi connectivity index (χ0) is 19.5. The molecular formula is C17H18Cl2N2O4S. The number of anilines is 2. The highest BCUT2D eigenvalue weighted by Gasteiger charge is 2.29. The summed E-state index contributed by atoms with van der Waals surface area (Å²) in [6.45, 7) is 1.49. The molecule has 0 saturated carbocycles. The van der Waals surface area contributed by atoms with Gasteiger partial charge in [0.1, 0.15) is 11.8 Å². The zero-order valence-electron chi connectivity index (χ0n) is 14.4. The molecular weight excluding hydrogens is 399 g/mol. The van der Waals surface area contributed by atoms with Gasteiger partial charge in [0.2, 0.25) is 15.9 Å². The van der Waals surface area contributed by atoms with Crippen molar-refractivity contribution in [1.29, 1.82) is 0 Å². The lowest BCUT2D eigenvalue weighted by Gasteiger charge is -2.28. The zero-order valence-corrected chi connectivity index (χ0v) is 16.7. The van der Waals surface area contributed by atoms with E-state index in [9.17, 15) is 13.2 Å². The van der Waals surface area contributed by atoms with Crippen LogP contribution in [-0.4, -0.2) is 33.7 Å². The van der Waals surface area contributed by atoms with Crippen molar-refractivity contribution in [2.24, 2.45) is 0 Å². The Labute approximate surface area is 162 Å². The molecule has 0 aromatic heterocycles. The maximum atomic E-state index is 12.6. The number of rotatable bonds is 6. The highest BCUT2D eigenvalue weighted by atomic mass is 35.5. The number of carbonyl (C=O) groups excluding carboxylic acids is 1. The van der Waals surface area contributed by atoms with Gasteiger partial charge in [-0.25, -0.2) is 8.42 Å². The number of hydrogen-bond acceptors (Lipinski definition) is 4. The van der Waals surface area contributed by atoms with E-state index in [1.165, 1.54) is 32.2 Å². The minimum Gasteiger partial charge on any atom is -0.497 e. The van der Waals surface area contributed by atoms with Gasteiger partial charge in [0.05, 0.1) is 29.1 Å². The maximum Gasteiger partial charge on any atom is 0.247 e. The number of halogens is 2. The van der Waals surface area contributed by atoms with Crippen LogP contribution < -0.4 is 14.4 Å². The van der Waals surface area contributed by atoms with Crippen LogP contribution in [0.15, 0.2) is 42.5 Å². The number of carbonyl (C=O) groups is 1. The van der Waals surface area contributed by atoms with Crippen LogP contribution in [0.5, 0.6) is 5.75 Å². The molecule has 0 heterocycles. The molecule has 0 saturated heterocycles. The SMILES string of the molecule is COc1ccc(NC(=O)[C@H](C)N(c2ccc(Cl)c(Cl)c2)S(C)(=O)=O)cc1. The van der Waals surface area contributed by atoms with Gasteiger partial charge in [-0.1, -0.05) is 23.2 Å². The van der Waals surface area contributed by atoms with E-state index >= 15 is 0 Å². The van der Waals surface area contributed by atoms with E-state index in [1.54, 1.807) is 24.3 Å². The third-order valence-corrected chi connectivity index (χ3v) is 5.58. The third kappa shape index (κ3) is 4.81. The standard InChI is InChI=1S/C17H18Cl2N2O4S/c1-11(17(22)20-12-4-7-14(25-2)8-5-12)21(26(3,23)24)13-6-9-15(18)16(19)10-13/h4-11H,1-3H3,(H,20,22)/t11-/m0/s1. The molecule has 2 aromatic rings. The molecule has 0 spiro atoms. The first kappa shape index (κ1) is 20.4. The first-order chi connectivity index (χ1) is 12.1. The summed E-state index contributed by atoms with van der Waals surface area (Å²) in [5.41, 5.74) is 0.768. The van der Waals surface area contributed by atoms with Gasteiger partial charge >= 0.3 is 0 Å². The Morgan fingerprint density at radius 2 is 1.73 bits per heavy atom. The number of nitrogens with zero attached hydrogens (tertiary/aromatic N) is 1. The van der Waals surface area contributed by atoms with Gasteiger partial charge in [0, 0.05) is 5.69 Å². The fraction of sp³-hybridized carbons (Fsp3) is 0.235. The van der Waals surface area contributed by atoms with Crippen LogP contribution in [0.4, 0.5) is 11.4 Å². The maximum absolute atomic E-state index is 12.6. The molecule has 0 aliphatic rings. The van der Waals surface area contributed by atoms with Gasteiger partial charge < -0.3 is 10.1 Å². The lowest BCUT2D eigenvalue weighted by Crippen LogP contribution is -2.45. The summed E-state index contributed by atoms with van der Waals surface area (Å²) in [6, 6.07) is 10.1. The van der Waals surface area contributed by atoms with Gasteiger partial charge in [-0.15, -0.1) is 0 Å². The van der Waals surface area contributed by atoms with Gasteiger partial charge in [-0.3, -0.25) is 9.10 Å². The average molecular weight is 417 g/mol. The minimum absolute atomic E-state index is 0.195. The van der Waals surface area contributed by atoms with Crippen LogP contribution in [0.2, 0.25) is 10.0 Å². The number of ether oxygens (including phenoxy) is 1. The summed E-state index contributed by atoms with van der Waals surface area (Å²) in [5, 5.41) is 3.17. The summed E-state index contributed by atoms with van der Waals surface area (Å²) in [5.74, 6) is 0.149. The van der Waals surface area contributed by atoms with Crippen LogP contribution in [0.3, 0.4) is 0 Å². The van der Waals surface area contributed by atoms with Crippen molar-refractivity contribution < 1.29 is 17.9 Å². The molecule has 1 N–H and O–H groups in total. The fourth-order valence-corrected chi connectivity index (χ4v) is 3.81. The first-order valence-corrected chi connectivity index (χ1v) is 10.1. The van der Waals surface area contributed by atoms with Crippen molar-refractivity contribution in [1.82, 2.24) is 0 Å². The third-order valence-electron chi connectivity index (χ3n) is 3.60. The molecule has 0 aliphatic heterocycles. The number of hydrogen-bond donors (Lipinski definition) is 1. The average Bonchev–Trinajstić information content (AvgIpc) is 2.57. The fourth-order valence-electron chi connectivity index (χ4n) is 2.35. The highest BCUT2D eigenvalue weighted by molar-refractivity contribution is 7.92. The van der Waals surface area contributed by atoms with Gasteiger partial charge in [0.15, 0.2) is 0 Å². The molecule has 0 bridgehead atoms. The first-order valence-electron chi connectivity index (χ1n) is 7.53. The van der Waals surface area contributed by atoms with Crippen molar-refractivity contribution in [3.63, 3.8) is 0 Å². The van der Waals surface area contributed by atoms with Crippen LogP contribution in [-0.2, 0) is 14.8 Å². The predicted octanol–water partition coefficient (Wildman–Crippen LogP) is 3.80. The smallest absolute Gasteiger partial charge is 0.247 e. The number of sulfonamides is 1. The van der Waals surface area contributed by atoms with Crippen LogP contribution in [0, 0.1) is 0 Å². The molecule has 2 rings (SSSR count). The Morgan fingerprint density at radius 1 is 1.12 bits per heavy atom. The normalized spacial score (nSPS) is 12.3. The molecule has 140 valence electrons. The van der Waals surface area contributed by atoms with Crippen LogP contribution >= 0.6 is 23.2 Å². The summed E-state index contributed by atoms with van der Waals surface area (Å²) >= 11 is 11.9. The second-order valence-corrected chi connectivity index (χ2v) is 8.22. The summed E-state index contributed by atoms with van der Waals surface area (Å²) < 4.78 is 30.6. The van der Waals surface area contributed by atoms with Gasteiger partial charge in [-0.2, -0.15) is 0 Å². The molecule has 1 amide bonds. The van der Waals surface area contributed by atoms with Crippen LogP contribution in [0.25, 0.3) is 0 Å². The number of amides is 1. The molecule has 26 heavy (non-hydrogen) atoms. The molecule has 0 radical (unpaired) electrons. The Morgan fingerprint density at radius 3 is 2.23 bits per heavy atom. The number of nitrogens with one attached hydrogen (secondary N) is 1. The van der Waals surface area contributed by atoms with E-state index < -0.39 is 22.0 Å². The Bertz CT molecular complexity index is 901. The second kappa shape index (κ2) is 8.16. The predicted molar refractivity (Wildman–Crippen MR) is 105 cm³/mol. The molecule has 9 heteroatoms. The van der Waals surface area contributed by atoms with E-state index in [-0.39, 0.29) is 10.7 Å². The van der Waals surface area contributed by atoms with Crippen molar-refractivity contribution >= 4 is 50.5 Å². The van der Waals surface area contributed by atoms with Crippen molar-refractivity contribution in [3.05, 3.63) is 52.5 Å². The molecule has 2 aromatic carbocycles. The van der Waals surface area contributed by atoms with E-state index in [2.05, 4.69) is 5.32 Å². The highest BCUT2D eigenvalue weighted by Crippen LogP contribution is 2.30. The van der Waals surface area contributed by atoms with E-state index in [4.69, 9.17) is 27.9 Å². The van der Waals surface area contributed by atoms with Crippen molar-refractivity contribution in [2.75, 3.05) is 23.0 Å². The number of benzene rings is 2. The Balaban J connectivity index is 2.29. The number of methoxy groups -OCH3 is 1. The van der Waals surface area contributed by atoms with Crippen molar-refractivity contribution in [2.45, 2.75) is 13.0 Å².